The first-order chi connectivity index (χ1) is 8.60. The Bertz CT molecular complexity index is 541. The van der Waals surface area contributed by atoms with Crippen LogP contribution in [0.5, 0.6) is 0 Å². The third-order valence-corrected chi connectivity index (χ3v) is 2.94. The van der Waals surface area contributed by atoms with E-state index in [2.05, 4.69) is 11.4 Å². The minimum absolute atomic E-state index is 0.167. The third-order valence-electron chi connectivity index (χ3n) is 2.94. The molecule has 0 aliphatic heterocycles. The highest BCUT2D eigenvalue weighted by Crippen LogP contribution is 2.26. The molecule has 0 saturated carbocycles. The van der Waals surface area contributed by atoms with Crippen molar-refractivity contribution in [2.24, 2.45) is 0 Å². The average Bonchev–Trinajstić information content (AvgIpc) is 2.30. The third kappa shape index (κ3) is 2.77. The van der Waals surface area contributed by atoms with Gasteiger partial charge < -0.3 is 5.32 Å². The van der Waals surface area contributed by atoms with Crippen molar-refractivity contribution in [3.8, 4) is 11.1 Å². The summed E-state index contributed by atoms with van der Waals surface area (Å²) in [5, 5.41) is 3.08. The van der Waals surface area contributed by atoms with E-state index in [1.807, 2.05) is 45.2 Å². The van der Waals surface area contributed by atoms with E-state index >= 15 is 0 Å². The summed E-state index contributed by atoms with van der Waals surface area (Å²) in [5.41, 5.74) is 5.03. The van der Waals surface area contributed by atoms with E-state index in [-0.39, 0.29) is 5.82 Å². The van der Waals surface area contributed by atoms with Gasteiger partial charge in [-0.3, -0.25) is 0 Å². The summed E-state index contributed by atoms with van der Waals surface area (Å²) in [7, 11) is 1.89. The first-order valence-electron chi connectivity index (χ1n) is 6.12. The van der Waals surface area contributed by atoms with Crippen molar-refractivity contribution in [2.75, 3.05) is 7.05 Å². The monoisotopic (exact) mass is 243 g/mol. The van der Waals surface area contributed by atoms with Crippen LogP contribution < -0.4 is 5.32 Å². The molecule has 0 heterocycles. The van der Waals surface area contributed by atoms with Crippen LogP contribution in [0.15, 0.2) is 36.4 Å². The van der Waals surface area contributed by atoms with Crippen LogP contribution in [0, 0.1) is 19.7 Å². The zero-order chi connectivity index (χ0) is 13.1. The maximum absolute atomic E-state index is 13.9. The minimum Gasteiger partial charge on any atom is -0.316 e. The molecule has 2 aromatic carbocycles. The Morgan fingerprint density at radius 1 is 1.00 bits per heavy atom. The van der Waals surface area contributed by atoms with Gasteiger partial charge in [-0.15, -0.1) is 0 Å². The van der Waals surface area contributed by atoms with Crippen LogP contribution in [-0.2, 0) is 6.54 Å². The normalized spacial score (nSPS) is 10.7. The van der Waals surface area contributed by atoms with Crippen LogP contribution in [0.2, 0.25) is 0 Å². The summed E-state index contributed by atoms with van der Waals surface area (Å²) in [5.74, 6) is -0.167. The fraction of sp³-hybridized carbons (Fsp3) is 0.250. The zero-order valence-electron chi connectivity index (χ0n) is 11.0. The summed E-state index contributed by atoms with van der Waals surface area (Å²) in [4.78, 5) is 0. The molecular formula is C16H18FN. The van der Waals surface area contributed by atoms with E-state index in [4.69, 9.17) is 0 Å². The summed E-state index contributed by atoms with van der Waals surface area (Å²) < 4.78 is 13.9. The first kappa shape index (κ1) is 12.8. The summed E-state index contributed by atoms with van der Waals surface area (Å²) in [6, 6.07) is 11.4. The number of hydrogen-bond donors (Lipinski definition) is 1. The number of halogens is 1. The molecule has 0 fully saturated rings. The molecule has 1 N–H and O–H groups in total. The molecule has 2 aromatic rings. The fourth-order valence-electron chi connectivity index (χ4n) is 2.24. The predicted octanol–water partition coefficient (Wildman–Crippen LogP) is 3.83. The van der Waals surface area contributed by atoms with Crippen molar-refractivity contribution in [2.45, 2.75) is 20.4 Å². The molecule has 0 amide bonds. The van der Waals surface area contributed by atoms with E-state index in [0.717, 1.165) is 28.8 Å². The second-order valence-corrected chi connectivity index (χ2v) is 4.72. The molecule has 0 aliphatic carbocycles. The highest BCUT2D eigenvalue weighted by atomic mass is 19.1. The Hall–Kier alpha value is -1.67. The molecule has 0 bridgehead atoms. The van der Waals surface area contributed by atoms with Crippen LogP contribution in [-0.4, -0.2) is 7.05 Å². The van der Waals surface area contributed by atoms with Crippen molar-refractivity contribution >= 4 is 0 Å². The minimum atomic E-state index is -0.167. The van der Waals surface area contributed by atoms with Crippen LogP contribution in [0.3, 0.4) is 0 Å². The van der Waals surface area contributed by atoms with Gasteiger partial charge in [-0.2, -0.15) is 0 Å². The van der Waals surface area contributed by atoms with Gasteiger partial charge in [0.1, 0.15) is 5.82 Å². The van der Waals surface area contributed by atoms with Gasteiger partial charge in [0.2, 0.25) is 0 Å². The van der Waals surface area contributed by atoms with E-state index in [1.165, 1.54) is 0 Å². The second kappa shape index (κ2) is 5.32. The number of benzene rings is 2. The zero-order valence-corrected chi connectivity index (χ0v) is 11.0. The van der Waals surface area contributed by atoms with Gasteiger partial charge in [-0.05, 0) is 44.2 Å². The molecule has 2 rings (SSSR count). The lowest BCUT2D eigenvalue weighted by molar-refractivity contribution is 0.630. The van der Waals surface area contributed by atoms with Gasteiger partial charge in [0.05, 0.1) is 0 Å². The molecule has 0 radical (unpaired) electrons. The van der Waals surface area contributed by atoms with E-state index < -0.39 is 0 Å². The van der Waals surface area contributed by atoms with Gasteiger partial charge in [-0.1, -0.05) is 35.4 Å². The van der Waals surface area contributed by atoms with Crippen LogP contribution in [0.1, 0.15) is 16.7 Å². The lowest BCUT2D eigenvalue weighted by Gasteiger charge is -2.09. The highest BCUT2D eigenvalue weighted by molar-refractivity contribution is 5.66. The van der Waals surface area contributed by atoms with E-state index in [0.29, 0.717) is 5.56 Å². The largest absolute Gasteiger partial charge is 0.316 e. The molecule has 0 unspecified atom stereocenters. The molecule has 1 nitrogen and oxygen atoms in total. The smallest absolute Gasteiger partial charge is 0.131 e. The SMILES string of the molecule is CNCc1ccc(F)c(-c2cc(C)cc(C)c2)c1. The van der Waals surface area contributed by atoms with Crippen molar-refractivity contribution in [3.63, 3.8) is 0 Å². The number of nitrogens with one attached hydrogen (secondary N) is 1. The Labute approximate surface area is 108 Å². The van der Waals surface area contributed by atoms with Crippen molar-refractivity contribution in [1.29, 1.82) is 0 Å². The predicted molar refractivity (Wildman–Crippen MR) is 74.1 cm³/mol. The second-order valence-electron chi connectivity index (χ2n) is 4.72. The molecular weight excluding hydrogens is 225 g/mol. The number of rotatable bonds is 3. The lowest BCUT2D eigenvalue weighted by atomic mass is 9.98. The highest BCUT2D eigenvalue weighted by Gasteiger charge is 2.07. The van der Waals surface area contributed by atoms with Gasteiger partial charge in [-0.25, -0.2) is 4.39 Å². The summed E-state index contributed by atoms with van der Waals surface area (Å²) >= 11 is 0. The molecule has 2 heteroatoms. The topological polar surface area (TPSA) is 12.0 Å². The molecule has 0 atom stereocenters. The average molecular weight is 243 g/mol. The van der Waals surface area contributed by atoms with Gasteiger partial charge >= 0.3 is 0 Å². The summed E-state index contributed by atoms with van der Waals surface area (Å²) in [6.07, 6.45) is 0. The number of aryl methyl sites for hydroxylation is 2. The number of hydrogen-bond acceptors (Lipinski definition) is 1. The quantitative estimate of drug-likeness (QED) is 0.864. The molecule has 18 heavy (non-hydrogen) atoms. The maximum Gasteiger partial charge on any atom is 0.131 e. The fourth-order valence-corrected chi connectivity index (χ4v) is 2.24. The summed E-state index contributed by atoms with van der Waals surface area (Å²) in [6.45, 7) is 4.82. The lowest BCUT2D eigenvalue weighted by Crippen LogP contribution is -2.05. The van der Waals surface area contributed by atoms with Crippen molar-refractivity contribution in [1.82, 2.24) is 5.32 Å². The van der Waals surface area contributed by atoms with Crippen LogP contribution >= 0.6 is 0 Å². The van der Waals surface area contributed by atoms with Crippen molar-refractivity contribution in [3.05, 3.63) is 58.9 Å². The van der Waals surface area contributed by atoms with Gasteiger partial charge in [0, 0.05) is 12.1 Å². The molecule has 0 saturated heterocycles. The van der Waals surface area contributed by atoms with Crippen LogP contribution in [0.4, 0.5) is 4.39 Å². The molecule has 0 aliphatic rings. The van der Waals surface area contributed by atoms with E-state index in [1.54, 1.807) is 6.07 Å². The Morgan fingerprint density at radius 3 is 2.28 bits per heavy atom. The molecule has 0 spiro atoms. The standard InChI is InChI=1S/C16H18FN/c1-11-6-12(2)8-14(7-11)15-9-13(10-18-3)4-5-16(15)17/h4-9,18H,10H2,1-3H3. The van der Waals surface area contributed by atoms with Crippen LogP contribution in [0.25, 0.3) is 11.1 Å². The Kier molecular flexibility index (Phi) is 3.78. The molecule has 0 aromatic heterocycles. The van der Waals surface area contributed by atoms with E-state index in [9.17, 15) is 4.39 Å². The maximum atomic E-state index is 13.9. The first-order valence-corrected chi connectivity index (χ1v) is 6.12. The van der Waals surface area contributed by atoms with Gasteiger partial charge in [0.25, 0.3) is 0 Å². The Morgan fingerprint density at radius 2 is 1.67 bits per heavy atom. The van der Waals surface area contributed by atoms with Gasteiger partial charge in [0.15, 0.2) is 0 Å². The van der Waals surface area contributed by atoms with Crippen molar-refractivity contribution < 1.29 is 4.39 Å². The molecule has 94 valence electrons. The Balaban J connectivity index is 2.51.